The summed E-state index contributed by atoms with van der Waals surface area (Å²) >= 11 is 7.36. The lowest BCUT2D eigenvalue weighted by Gasteiger charge is -1.96. The lowest BCUT2D eigenvalue weighted by molar-refractivity contribution is 0.420. The van der Waals surface area contributed by atoms with E-state index >= 15 is 0 Å². The molecule has 0 aliphatic heterocycles. The average molecular weight is 257 g/mol. The average Bonchev–Trinajstić information content (AvgIpc) is 2.87. The smallest absolute Gasteiger partial charge is 0.168 e. The predicted molar refractivity (Wildman–Crippen MR) is 66.8 cm³/mol. The van der Waals surface area contributed by atoms with Gasteiger partial charge >= 0.3 is 0 Å². The van der Waals surface area contributed by atoms with Crippen molar-refractivity contribution in [2.75, 3.05) is 6.54 Å². The van der Waals surface area contributed by atoms with Crippen LogP contribution in [-0.4, -0.2) is 11.7 Å². The number of hydrogen-bond acceptors (Lipinski definition) is 4. The molecule has 86 valence electrons. The van der Waals surface area contributed by atoms with Crippen molar-refractivity contribution in [2.24, 2.45) is 0 Å². The van der Waals surface area contributed by atoms with Gasteiger partial charge in [-0.15, -0.1) is 11.3 Å². The van der Waals surface area contributed by atoms with E-state index in [1.165, 1.54) is 11.3 Å². The molecule has 0 bridgehead atoms. The molecule has 0 aliphatic rings. The van der Waals surface area contributed by atoms with Crippen LogP contribution >= 0.6 is 22.9 Å². The summed E-state index contributed by atoms with van der Waals surface area (Å²) in [5.74, 6) is 0.774. The van der Waals surface area contributed by atoms with Crippen molar-refractivity contribution in [3.8, 4) is 11.3 Å². The fraction of sp³-hybridized carbons (Fsp3) is 0.364. The summed E-state index contributed by atoms with van der Waals surface area (Å²) in [6.07, 6.45) is 1.12. The van der Waals surface area contributed by atoms with Gasteiger partial charge in [-0.1, -0.05) is 23.7 Å². The molecule has 0 fully saturated rings. The first-order chi connectivity index (χ1) is 7.79. The third-order valence-electron chi connectivity index (χ3n) is 2.14. The van der Waals surface area contributed by atoms with E-state index in [1.54, 1.807) is 0 Å². The van der Waals surface area contributed by atoms with Gasteiger partial charge in [-0.05, 0) is 19.0 Å². The lowest BCUT2D eigenvalue weighted by atomic mass is 10.2. The Balaban J connectivity index is 2.02. The molecule has 0 spiro atoms. The van der Waals surface area contributed by atoms with E-state index in [4.69, 9.17) is 16.1 Å². The van der Waals surface area contributed by atoms with Crippen molar-refractivity contribution in [1.29, 1.82) is 0 Å². The SMILES string of the molecule is CCCNCc1cc(-c2csc(Cl)c2)on1. The van der Waals surface area contributed by atoms with Gasteiger partial charge in [0.2, 0.25) is 0 Å². The molecular formula is C11H13ClN2OS. The third kappa shape index (κ3) is 2.84. The van der Waals surface area contributed by atoms with E-state index < -0.39 is 0 Å². The molecular weight excluding hydrogens is 244 g/mol. The van der Waals surface area contributed by atoms with Crippen molar-refractivity contribution in [3.05, 3.63) is 27.5 Å². The van der Waals surface area contributed by atoms with Crippen LogP contribution < -0.4 is 5.32 Å². The van der Waals surface area contributed by atoms with E-state index in [0.29, 0.717) is 0 Å². The highest BCUT2D eigenvalue weighted by Crippen LogP contribution is 2.28. The minimum absolute atomic E-state index is 0.745. The van der Waals surface area contributed by atoms with Gasteiger partial charge in [-0.25, -0.2) is 0 Å². The van der Waals surface area contributed by atoms with E-state index in [1.807, 2.05) is 17.5 Å². The molecule has 3 nitrogen and oxygen atoms in total. The maximum atomic E-state index is 5.86. The number of nitrogens with zero attached hydrogens (tertiary/aromatic N) is 1. The lowest BCUT2D eigenvalue weighted by Crippen LogP contribution is -2.13. The zero-order valence-electron chi connectivity index (χ0n) is 9.00. The van der Waals surface area contributed by atoms with Crippen molar-refractivity contribution < 1.29 is 4.52 Å². The molecule has 0 unspecified atom stereocenters. The molecule has 0 radical (unpaired) electrons. The first kappa shape index (κ1) is 11.6. The zero-order chi connectivity index (χ0) is 11.4. The molecule has 0 aromatic carbocycles. The molecule has 5 heteroatoms. The van der Waals surface area contributed by atoms with Gasteiger partial charge in [0.25, 0.3) is 0 Å². The van der Waals surface area contributed by atoms with Crippen LogP contribution in [0.5, 0.6) is 0 Å². The van der Waals surface area contributed by atoms with Gasteiger partial charge in [0.15, 0.2) is 5.76 Å². The van der Waals surface area contributed by atoms with Crippen LogP contribution in [0.1, 0.15) is 19.0 Å². The Hall–Kier alpha value is -0.840. The van der Waals surface area contributed by atoms with Crippen LogP contribution in [-0.2, 0) is 6.54 Å². The standard InChI is InChI=1S/C11H13ClN2OS/c1-2-3-13-6-9-5-10(15-14-9)8-4-11(12)16-7-8/h4-5,7,13H,2-3,6H2,1H3. The number of halogens is 1. The Labute approximate surface area is 103 Å². The maximum absolute atomic E-state index is 5.86. The Morgan fingerprint density at radius 3 is 3.06 bits per heavy atom. The Bertz CT molecular complexity index is 452. The van der Waals surface area contributed by atoms with Gasteiger partial charge in [-0.3, -0.25) is 0 Å². The summed E-state index contributed by atoms with van der Waals surface area (Å²) in [5.41, 5.74) is 1.91. The number of thiophene rings is 1. The van der Waals surface area contributed by atoms with Crippen molar-refractivity contribution in [2.45, 2.75) is 19.9 Å². The monoisotopic (exact) mass is 256 g/mol. The molecule has 2 rings (SSSR count). The Morgan fingerprint density at radius 1 is 1.50 bits per heavy atom. The predicted octanol–water partition coefficient (Wildman–Crippen LogP) is 3.56. The number of rotatable bonds is 5. The highest BCUT2D eigenvalue weighted by molar-refractivity contribution is 7.14. The largest absolute Gasteiger partial charge is 0.356 e. The molecule has 2 heterocycles. The first-order valence-electron chi connectivity index (χ1n) is 5.20. The van der Waals surface area contributed by atoms with E-state index in [0.717, 1.165) is 40.9 Å². The molecule has 0 atom stereocenters. The second-order valence-electron chi connectivity index (χ2n) is 3.50. The van der Waals surface area contributed by atoms with Gasteiger partial charge in [0, 0.05) is 23.6 Å². The molecule has 2 aromatic heterocycles. The van der Waals surface area contributed by atoms with Crippen LogP contribution in [0.3, 0.4) is 0 Å². The van der Waals surface area contributed by atoms with Crippen molar-refractivity contribution >= 4 is 22.9 Å². The zero-order valence-corrected chi connectivity index (χ0v) is 10.6. The fourth-order valence-corrected chi connectivity index (χ4v) is 2.23. The molecule has 0 saturated carbocycles. The number of aromatic nitrogens is 1. The quantitative estimate of drug-likeness (QED) is 0.832. The van der Waals surface area contributed by atoms with Crippen LogP contribution in [0.2, 0.25) is 4.34 Å². The van der Waals surface area contributed by atoms with E-state index in [9.17, 15) is 0 Å². The summed E-state index contributed by atoms with van der Waals surface area (Å²) in [4.78, 5) is 0. The number of hydrogen-bond donors (Lipinski definition) is 1. The summed E-state index contributed by atoms with van der Waals surface area (Å²) in [7, 11) is 0. The molecule has 2 aromatic rings. The Morgan fingerprint density at radius 2 is 2.38 bits per heavy atom. The highest BCUT2D eigenvalue weighted by Gasteiger charge is 2.08. The maximum Gasteiger partial charge on any atom is 0.168 e. The van der Waals surface area contributed by atoms with E-state index in [2.05, 4.69) is 17.4 Å². The summed E-state index contributed by atoms with van der Waals surface area (Å²) in [6, 6.07) is 3.83. The Kier molecular flexibility index (Phi) is 3.98. The highest BCUT2D eigenvalue weighted by atomic mass is 35.5. The minimum atomic E-state index is 0.745. The molecule has 16 heavy (non-hydrogen) atoms. The molecule has 0 saturated heterocycles. The van der Waals surface area contributed by atoms with Gasteiger partial charge in [0.1, 0.15) is 0 Å². The second-order valence-corrected chi connectivity index (χ2v) is 5.04. The van der Waals surface area contributed by atoms with E-state index in [-0.39, 0.29) is 0 Å². The van der Waals surface area contributed by atoms with Crippen molar-refractivity contribution in [3.63, 3.8) is 0 Å². The summed E-state index contributed by atoms with van der Waals surface area (Å²) < 4.78 is 6.01. The van der Waals surface area contributed by atoms with Gasteiger partial charge < -0.3 is 9.84 Å². The summed E-state index contributed by atoms with van der Waals surface area (Å²) in [5, 5.41) is 9.24. The minimum Gasteiger partial charge on any atom is -0.356 e. The first-order valence-corrected chi connectivity index (χ1v) is 6.46. The number of nitrogens with one attached hydrogen (secondary N) is 1. The van der Waals surface area contributed by atoms with Crippen molar-refractivity contribution in [1.82, 2.24) is 10.5 Å². The third-order valence-corrected chi connectivity index (χ3v) is 3.24. The molecule has 0 aliphatic carbocycles. The van der Waals surface area contributed by atoms with Gasteiger partial charge in [0.05, 0.1) is 10.0 Å². The van der Waals surface area contributed by atoms with Crippen LogP contribution in [0.25, 0.3) is 11.3 Å². The topological polar surface area (TPSA) is 38.1 Å². The van der Waals surface area contributed by atoms with Gasteiger partial charge in [-0.2, -0.15) is 0 Å². The fourth-order valence-electron chi connectivity index (χ4n) is 1.36. The second kappa shape index (κ2) is 5.48. The van der Waals surface area contributed by atoms with Crippen LogP contribution in [0.4, 0.5) is 0 Å². The molecule has 1 N–H and O–H groups in total. The van der Waals surface area contributed by atoms with Crippen LogP contribution in [0.15, 0.2) is 22.0 Å². The normalized spacial score (nSPS) is 10.9. The molecule has 0 amide bonds. The van der Waals surface area contributed by atoms with Crippen LogP contribution in [0, 0.1) is 0 Å². The summed E-state index contributed by atoms with van der Waals surface area (Å²) in [6.45, 7) is 3.87.